The molecule has 4 fully saturated rings. The van der Waals surface area contributed by atoms with Gasteiger partial charge in [0.1, 0.15) is 12.1 Å². The number of aliphatic hydroxyl groups is 3. The van der Waals surface area contributed by atoms with Crippen molar-refractivity contribution >= 4 is 35.6 Å². The molecule has 264 valence electrons. The van der Waals surface area contributed by atoms with Gasteiger partial charge < -0.3 is 45.1 Å². The Morgan fingerprint density at radius 3 is 2.38 bits per heavy atom. The average molecular weight is 678 g/mol. The fourth-order valence-electron chi connectivity index (χ4n) is 9.67. The van der Waals surface area contributed by atoms with Gasteiger partial charge in [-0.05, 0) is 56.9 Å². The predicted molar refractivity (Wildman–Crippen MR) is 160 cm³/mol. The molecule has 48 heavy (non-hydrogen) atoms. The second kappa shape index (κ2) is 12.3. The highest BCUT2D eigenvalue weighted by Crippen LogP contribution is 2.76. The number of fused-ring (bicyclic) bond motifs is 4. The summed E-state index contributed by atoms with van der Waals surface area (Å²) in [7, 11) is 1.13. The fourth-order valence-corrected chi connectivity index (χ4v) is 9.67. The molecule has 0 radical (unpaired) electrons. The molecule has 0 aromatic rings. The second-order valence-electron chi connectivity index (χ2n) is 14.4. The van der Waals surface area contributed by atoms with E-state index in [1.165, 1.54) is 6.92 Å². The zero-order chi connectivity index (χ0) is 35.7. The topological polar surface area (TPSA) is 246 Å². The molecule has 1 unspecified atom stereocenters. The SMILES string of the molecule is COC(=O)[C@@]12C[C@H]1[C@@H](O)[C@H](O)C1[C@@]3(CO)[C@@H](C[C@H]4C(C)=C(OC(=O)[C@@H](N)CCC(=O)O)C(=O)C[C@]14C)OC(=O)[C@H](OC(=O)C=C(C)C)[C@@H]23. The normalized spacial score (nSPS) is 40.1. The number of carbonyl (C=O) groups is 6. The van der Waals surface area contributed by atoms with E-state index in [-0.39, 0.29) is 37.0 Å². The quantitative estimate of drug-likeness (QED) is 0.122. The number of Topliss-reactive ketones (excluding diaryl/α,β-unsaturated/α-hetero) is 1. The summed E-state index contributed by atoms with van der Waals surface area (Å²) in [5.74, 6) is -10.1. The van der Waals surface area contributed by atoms with Gasteiger partial charge in [0.2, 0.25) is 6.10 Å². The number of ketones is 1. The Morgan fingerprint density at radius 1 is 1.12 bits per heavy atom. The van der Waals surface area contributed by atoms with E-state index in [1.807, 2.05) is 0 Å². The zero-order valence-electron chi connectivity index (χ0n) is 27.5. The van der Waals surface area contributed by atoms with Gasteiger partial charge in [-0.1, -0.05) is 12.5 Å². The molecular formula is C33H43NO14. The third-order valence-electron chi connectivity index (χ3n) is 11.6. The molecule has 15 heteroatoms. The predicted octanol–water partition coefficient (Wildman–Crippen LogP) is -0.0761. The molecule has 0 spiro atoms. The lowest BCUT2D eigenvalue weighted by atomic mass is 9.41. The number of methoxy groups -OCH3 is 1. The molecule has 4 aliphatic carbocycles. The lowest BCUT2D eigenvalue weighted by Crippen LogP contribution is -2.72. The summed E-state index contributed by atoms with van der Waals surface area (Å²) in [5, 5.41) is 44.1. The van der Waals surface area contributed by atoms with Gasteiger partial charge in [0.05, 0.1) is 31.3 Å². The molecule has 6 N–H and O–H groups in total. The van der Waals surface area contributed by atoms with E-state index in [0.29, 0.717) is 5.57 Å². The van der Waals surface area contributed by atoms with Crippen LogP contribution in [0.4, 0.5) is 0 Å². The van der Waals surface area contributed by atoms with Crippen LogP contribution in [0.15, 0.2) is 23.0 Å². The van der Waals surface area contributed by atoms with Crippen LogP contribution in [0.2, 0.25) is 0 Å². The number of carbonyl (C=O) groups excluding carboxylic acids is 5. The summed E-state index contributed by atoms with van der Waals surface area (Å²) in [5.41, 5.74) is 2.00. The standard InChI is InChI=1S/C33H43NO14/c1-13(2)8-21(39)47-25-27-32(30(44)45-5)10-16(32)22(40)23(41)26-31(4)11-18(36)24(48-28(42)17(34)6-7-20(37)38)14(3)15(31)9-19(46-29(25)43)33(26,27)12-35/h8,15-17,19,22-23,25-27,35,40-41H,6-7,9-12,34H2,1-5H3,(H,37,38)/t15-,16-,17-,19+,22+,23-,25+,26?,27-,31-,32-,33+/m0/s1. The molecule has 12 atom stereocenters. The van der Waals surface area contributed by atoms with Crippen molar-refractivity contribution in [1.29, 1.82) is 0 Å². The first kappa shape index (κ1) is 35.6. The smallest absolute Gasteiger partial charge is 0.348 e. The number of aliphatic carboxylic acids is 1. The van der Waals surface area contributed by atoms with Crippen LogP contribution in [-0.2, 0) is 47.7 Å². The number of rotatable bonds is 9. The van der Waals surface area contributed by atoms with Gasteiger partial charge in [0, 0.05) is 42.1 Å². The molecule has 1 saturated heterocycles. The maximum absolute atomic E-state index is 13.8. The van der Waals surface area contributed by atoms with Crippen LogP contribution in [0.5, 0.6) is 0 Å². The molecule has 5 aliphatic rings. The summed E-state index contributed by atoms with van der Waals surface area (Å²) in [4.78, 5) is 78.1. The van der Waals surface area contributed by atoms with E-state index in [4.69, 9.17) is 29.8 Å². The van der Waals surface area contributed by atoms with Crippen molar-refractivity contribution < 1.29 is 68.1 Å². The first-order chi connectivity index (χ1) is 22.4. The summed E-state index contributed by atoms with van der Waals surface area (Å²) in [6.07, 6.45) is -6.12. The van der Waals surface area contributed by atoms with E-state index in [2.05, 4.69) is 0 Å². The number of ether oxygens (including phenoxy) is 4. The van der Waals surface area contributed by atoms with Crippen LogP contribution >= 0.6 is 0 Å². The minimum Gasteiger partial charge on any atom is -0.481 e. The minimum atomic E-state index is -1.74. The molecule has 0 amide bonds. The van der Waals surface area contributed by atoms with E-state index in [0.717, 1.165) is 13.2 Å². The first-order valence-electron chi connectivity index (χ1n) is 16.0. The molecule has 5 rings (SSSR count). The van der Waals surface area contributed by atoms with Crippen molar-refractivity contribution in [3.63, 3.8) is 0 Å². The average Bonchev–Trinajstić information content (AvgIpc) is 3.76. The van der Waals surface area contributed by atoms with Gasteiger partial charge in [-0.25, -0.2) is 14.4 Å². The molecule has 15 nitrogen and oxygen atoms in total. The lowest BCUT2D eigenvalue weighted by molar-refractivity contribution is -0.276. The Bertz CT molecular complexity index is 1500. The summed E-state index contributed by atoms with van der Waals surface area (Å²) < 4.78 is 22.3. The summed E-state index contributed by atoms with van der Waals surface area (Å²) in [6, 6.07) is -1.33. The molecule has 3 saturated carbocycles. The first-order valence-corrected chi connectivity index (χ1v) is 16.0. The van der Waals surface area contributed by atoms with Crippen LogP contribution in [0.3, 0.4) is 0 Å². The van der Waals surface area contributed by atoms with Gasteiger partial charge in [-0.15, -0.1) is 0 Å². The molecule has 1 aliphatic heterocycles. The van der Waals surface area contributed by atoms with Crippen molar-refractivity contribution in [2.75, 3.05) is 13.7 Å². The summed E-state index contributed by atoms with van der Waals surface area (Å²) >= 11 is 0. The highest BCUT2D eigenvalue weighted by atomic mass is 16.6. The number of esters is 4. The number of aliphatic hydroxyl groups excluding tert-OH is 3. The fraction of sp³-hybridized carbons (Fsp3) is 0.697. The van der Waals surface area contributed by atoms with E-state index in [1.54, 1.807) is 20.8 Å². The van der Waals surface area contributed by atoms with Crippen molar-refractivity contribution in [3.05, 3.63) is 23.0 Å². The maximum Gasteiger partial charge on any atom is 0.348 e. The third-order valence-corrected chi connectivity index (χ3v) is 11.6. The van der Waals surface area contributed by atoms with Crippen LogP contribution in [0.25, 0.3) is 0 Å². The van der Waals surface area contributed by atoms with Crippen LogP contribution in [-0.4, -0.2) is 100 Å². The maximum atomic E-state index is 13.8. The van der Waals surface area contributed by atoms with Gasteiger partial charge in [-0.2, -0.15) is 0 Å². The van der Waals surface area contributed by atoms with Crippen molar-refractivity contribution in [2.45, 2.75) is 90.3 Å². The number of carboxylic acids is 1. The van der Waals surface area contributed by atoms with Crippen LogP contribution in [0.1, 0.15) is 59.8 Å². The Balaban J connectivity index is 1.66. The number of allylic oxidation sites excluding steroid dienone is 3. The number of nitrogens with two attached hydrogens (primary N) is 1. The number of hydrogen-bond donors (Lipinski definition) is 5. The Labute approximate surface area is 276 Å². The van der Waals surface area contributed by atoms with Gasteiger partial charge in [-0.3, -0.25) is 14.4 Å². The molecule has 0 bridgehead atoms. The minimum absolute atomic E-state index is 0.0338. The lowest BCUT2D eigenvalue weighted by Gasteiger charge is -2.65. The summed E-state index contributed by atoms with van der Waals surface area (Å²) in [6.45, 7) is 5.71. The second-order valence-corrected chi connectivity index (χ2v) is 14.4. The Morgan fingerprint density at radius 2 is 1.79 bits per heavy atom. The highest BCUT2D eigenvalue weighted by Gasteiger charge is 2.84. The molecule has 1 heterocycles. The largest absolute Gasteiger partial charge is 0.481 e. The van der Waals surface area contributed by atoms with E-state index < -0.39 is 119 Å². The molecular weight excluding hydrogens is 634 g/mol. The van der Waals surface area contributed by atoms with Crippen molar-refractivity contribution in [1.82, 2.24) is 0 Å². The highest BCUT2D eigenvalue weighted by molar-refractivity contribution is 5.98. The molecule has 0 aromatic heterocycles. The monoisotopic (exact) mass is 677 g/mol. The Kier molecular flexibility index (Phi) is 9.16. The van der Waals surface area contributed by atoms with E-state index >= 15 is 0 Å². The van der Waals surface area contributed by atoms with Gasteiger partial charge in [0.25, 0.3) is 0 Å². The van der Waals surface area contributed by atoms with Crippen molar-refractivity contribution in [3.8, 4) is 0 Å². The number of carboxylic acid groups (broad SMARTS) is 1. The van der Waals surface area contributed by atoms with Crippen molar-refractivity contribution in [2.24, 2.45) is 45.7 Å². The van der Waals surface area contributed by atoms with Crippen LogP contribution in [0, 0.1) is 39.9 Å². The zero-order valence-corrected chi connectivity index (χ0v) is 27.5. The van der Waals surface area contributed by atoms with Gasteiger partial charge in [0.15, 0.2) is 11.5 Å². The van der Waals surface area contributed by atoms with E-state index in [9.17, 15) is 44.1 Å². The third kappa shape index (κ3) is 5.17. The Hall–Kier alpha value is -3.66. The molecule has 0 aromatic carbocycles. The van der Waals surface area contributed by atoms with Gasteiger partial charge >= 0.3 is 29.8 Å². The van der Waals surface area contributed by atoms with Crippen LogP contribution < -0.4 is 5.73 Å². The number of hydrogen-bond acceptors (Lipinski definition) is 14.